The second-order valence-electron chi connectivity index (χ2n) is 6.71. The normalized spacial score (nSPS) is 21.5. The summed E-state index contributed by atoms with van der Waals surface area (Å²) in [5.41, 5.74) is 0.882. The number of aromatic nitrogens is 2. The van der Waals surface area contributed by atoms with Gasteiger partial charge in [-0.1, -0.05) is 23.2 Å². The van der Waals surface area contributed by atoms with E-state index in [0.717, 1.165) is 37.8 Å². The van der Waals surface area contributed by atoms with Gasteiger partial charge < -0.3 is 9.42 Å². The first-order valence-corrected chi connectivity index (χ1v) is 8.97. The Morgan fingerprint density at radius 2 is 1.96 bits per heavy atom. The Bertz CT molecular complexity index is 724. The number of piperidine rings is 1. The average molecular weight is 346 g/mol. The van der Waals surface area contributed by atoms with Crippen LogP contribution < -0.4 is 0 Å². The zero-order valence-electron chi connectivity index (χ0n) is 13.4. The third kappa shape index (κ3) is 3.05. The number of carbonyl (C=O) groups is 1. The minimum atomic E-state index is 0.135. The van der Waals surface area contributed by atoms with Gasteiger partial charge in [0.25, 0.3) is 0 Å². The minimum absolute atomic E-state index is 0.135. The molecule has 0 radical (unpaired) electrons. The fourth-order valence-corrected chi connectivity index (χ4v) is 3.54. The summed E-state index contributed by atoms with van der Waals surface area (Å²) in [6.45, 7) is 1.54. The number of likely N-dealkylation sites (tertiary alicyclic amines) is 1. The van der Waals surface area contributed by atoms with E-state index in [1.54, 1.807) is 0 Å². The van der Waals surface area contributed by atoms with E-state index in [-0.39, 0.29) is 11.8 Å². The van der Waals surface area contributed by atoms with Crippen molar-refractivity contribution >= 4 is 17.5 Å². The van der Waals surface area contributed by atoms with Crippen molar-refractivity contribution in [1.82, 2.24) is 15.0 Å². The molecular weight excluding hydrogens is 326 g/mol. The Balaban J connectivity index is 1.47. The monoisotopic (exact) mass is 345 g/mol. The Morgan fingerprint density at radius 1 is 1.17 bits per heavy atom. The summed E-state index contributed by atoms with van der Waals surface area (Å²) in [4.78, 5) is 19.0. The molecule has 5 nitrogen and oxygen atoms in total. The number of benzene rings is 1. The Kier molecular flexibility index (Phi) is 4.27. The fourth-order valence-electron chi connectivity index (χ4n) is 3.41. The molecule has 1 saturated carbocycles. The van der Waals surface area contributed by atoms with Crippen LogP contribution in [-0.2, 0) is 4.79 Å². The quantitative estimate of drug-likeness (QED) is 0.846. The zero-order valence-corrected chi connectivity index (χ0v) is 14.2. The molecule has 1 unspecified atom stereocenters. The molecule has 0 spiro atoms. The van der Waals surface area contributed by atoms with Crippen molar-refractivity contribution in [2.75, 3.05) is 13.1 Å². The van der Waals surface area contributed by atoms with E-state index in [0.29, 0.717) is 29.2 Å². The number of nitrogens with zero attached hydrogens (tertiary/aromatic N) is 3. The molecule has 2 aromatic rings. The smallest absolute Gasteiger partial charge is 0.231 e. The Morgan fingerprint density at radius 3 is 2.67 bits per heavy atom. The molecule has 1 aromatic carbocycles. The lowest BCUT2D eigenvalue weighted by Crippen LogP contribution is -2.44. The van der Waals surface area contributed by atoms with Gasteiger partial charge in [-0.25, -0.2) is 0 Å². The number of carbonyl (C=O) groups excluding carboxylic acids is 1. The predicted octanol–water partition coefficient (Wildman–Crippen LogP) is 3.90. The molecule has 4 rings (SSSR count). The lowest BCUT2D eigenvalue weighted by Gasteiger charge is -2.36. The molecule has 1 amide bonds. The van der Waals surface area contributed by atoms with E-state index in [4.69, 9.17) is 16.1 Å². The van der Waals surface area contributed by atoms with Crippen molar-refractivity contribution in [1.29, 1.82) is 0 Å². The molecule has 24 heavy (non-hydrogen) atoms. The minimum Gasteiger partial charge on any atom is -0.342 e. The molecule has 1 aromatic heterocycles. The topological polar surface area (TPSA) is 59.2 Å². The van der Waals surface area contributed by atoms with Gasteiger partial charge in [0.1, 0.15) is 0 Å². The molecule has 2 aliphatic rings. The van der Waals surface area contributed by atoms with Crippen LogP contribution in [-0.4, -0.2) is 34.0 Å². The maximum absolute atomic E-state index is 12.5. The molecule has 1 aliphatic heterocycles. The van der Waals surface area contributed by atoms with Crippen molar-refractivity contribution in [3.8, 4) is 11.4 Å². The summed E-state index contributed by atoms with van der Waals surface area (Å²) in [6, 6.07) is 7.38. The first-order chi connectivity index (χ1) is 11.7. The average Bonchev–Trinajstić information content (AvgIpc) is 3.04. The largest absolute Gasteiger partial charge is 0.342 e. The summed E-state index contributed by atoms with van der Waals surface area (Å²) in [6.07, 6.45) is 5.24. The van der Waals surface area contributed by atoms with E-state index in [2.05, 4.69) is 10.1 Å². The summed E-state index contributed by atoms with van der Waals surface area (Å²) in [5.74, 6) is 1.89. The lowest BCUT2D eigenvalue weighted by molar-refractivity contribution is -0.139. The number of hydrogen-bond acceptors (Lipinski definition) is 4. The Hall–Kier alpha value is -1.88. The van der Waals surface area contributed by atoms with Crippen LogP contribution in [0.4, 0.5) is 0 Å². The summed E-state index contributed by atoms with van der Waals surface area (Å²) in [5, 5.41) is 4.77. The van der Waals surface area contributed by atoms with Gasteiger partial charge in [0.15, 0.2) is 0 Å². The number of halogens is 1. The standard InChI is InChI=1S/C18H20ClN3O2/c19-15-8-6-12(7-9-15)16-20-17(24-21-16)14-5-2-10-22(11-14)18(23)13-3-1-4-13/h6-9,13-14H,1-5,10-11H2. The van der Waals surface area contributed by atoms with Crippen molar-refractivity contribution < 1.29 is 9.32 Å². The zero-order chi connectivity index (χ0) is 16.5. The molecule has 1 aliphatic carbocycles. The molecule has 2 heterocycles. The van der Waals surface area contributed by atoms with Crippen molar-refractivity contribution in [3.05, 3.63) is 35.2 Å². The van der Waals surface area contributed by atoms with Crippen LogP contribution in [0.1, 0.15) is 43.9 Å². The van der Waals surface area contributed by atoms with Gasteiger partial charge in [-0.05, 0) is 49.9 Å². The maximum Gasteiger partial charge on any atom is 0.231 e. The predicted molar refractivity (Wildman–Crippen MR) is 90.6 cm³/mol. The molecule has 0 N–H and O–H groups in total. The second kappa shape index (κ2) is 6.55. The van der Waals surface area contributed by atoms with Gasteiger partial charge >= 0.3 is 0 Å². The summed E-state index contributed by atoms with van der Waals surface area (Å²) >= 11 is 5.91. The van der Waals surface area contributed by atoms with E-state index in [9.17, 15) is 4.79 Å². The lowest BCUT2D eigenvalue weighted by atomic mass is 9.83. The second-order valence-corrected chi connectivity index (χ2v) is 7.15. The molecular formula is C18H20ClN3O2. The van der Waals surface area contributed by atoms with Gasteiger partial charge in [0.2, 0.25) is 17.6 Å². The van der Waals surface area contributed by atoms with E-state index in [1.165, 1.54) is 6.42 Å². The number of hydrogen-bond donors (Lipinski definition) is 0. The highest BCUT2D eigenvalue weighted by Crippen LogP contribution is 2.32. The highest BCUT2D eigenvalue weighted by atomic mass is 35.5. The molecule has 2 fully saturated rings. The highest BCUT2D eigenvalue weighted by Gasteiger charge is 2.34. The first-order valence-electron chi connectivity index (χ1n) is 8.59. The van der Waals surface area contributed by atoms with Crippen molar-refractivity contribution in [3.63, 3.8) is 0 Å². The molecule has 6 heteroatoms. The molecule has 1 saturated heterocycles. The van der Waals surface area contributed by atoms with Crippen LogP contribution in [0.5, 0.6) is 0 Å². The van der Waals surface area contributed by atoms with Gasteiger partial charge in [0, 0.05) is 29.6 Å². The number of rotatable bonds is 3. The summed E-state index contributed by atoms with van der Waals surface area (Å²) < 4.78 is 5.49. The number of amides is 1. The SMILES string of the molecule is O=C(C1CCC1)N1CCCC(c2nc(-c3ccc(Cl)cc3)no2)C1. The van der Waals surface area contributed by atoms with Gasteiger partial charge in [-0.15, -0.1) is 0 Å². The third-order valence-corrected chi connectivity index (χ3v) is 5.33. The Labute approximate surface area is 146 Å². The molecule has 0 bridgehead atoms. The maximum atomic E-state index is 12.5. The van der Waals surface area contributed by atoms with Crippen molar-refractivity contribution in [2.45, 2.75) is 38.0 Å². The van der Waals surface area contributed by atoms with Crippen LogP contribution in [0.2, 0.25) is 5.02 Å². The van der Waals surface area contributed by atoms with Crippen LogP contribution in [0.25, 0.3) is 11.4 Å². The molecule has 1 atom stereocenters. The van der Waals surface area contributed by atoms with E-state index >= 15 is 0 Å². The van der Waals surface area contributed by atoms with Crippen LogP contribution in [0, 0.1) is 5.92 Å². The first kappa shape index (κ1) is 15.6. The highest BCUT2D eigenvalue weighted by molar-refractivity contribution is 6.30. The van der Waals surface area contributed by atoms with E-state index in [1.807, 2.05) is 29.2 Å². The van der Waals surface area contributed by atoms with Crippen LogP contribution >= 0.6 is 11.6 Å². The van der Waals surface area contributed by atoms with Crippen molar-refractivity contribution in [2.24, 2.45) is 5.92 Å². The van der Waals surface area contributed by atoms with Gasteiger partial charge in [0.05, 0.1) is 5.92 Å². The van der Waals surface area contributed by atoms with Gasteiger partial charge in [-0.2, -0.15) is 4.98 Å². The third-order valence-electron chi connectivity index (χ3n) is 5.08. The fraction of sp³-hybridized carbons (Fsp3) is 0.500. The summed E-state index contributed by atoms with van der Waals surface area (Å²) in [7, 11) is 0. The van der Waals surface area contributed by atoms with Crippen LogP contribution in [0.15, 0.2) is 28.8 Å². The molecule has 126 valence electrons. The van der Waals surface area contributed by atoms with Gasteiger partial charge in [-0.3, -0.25) is 4.79 Å². The van der Waals surface area contributed by atoms with E-state index < -0.39 is 0 Å². The van der Waals surface area contributed by atoms with Crippen LogP contribution in [0.3, 0.4) is 0 Å².